The topological polar surface area (TPSA) is 88.2 Å². The third-order valence-electron chi connectivity index (χ3n) is 7.11. The van der Waals surface area contributed by atoms with Crippen LogP contribution in [0.4, 0.5) is 0 Å². The molecule has 0 aliphatic heterocycles. The maximum atomic E-state index is 13.7. The molecule has 0 amide bonds. The lowest BCUT2D eigenvalue weighted by molar-refractivity contribution is 0.103. The quantitative estimate of drug-likeness (QED) is 0.208. The van der Waals surface area contributed by atoms with E-state index in [2.05, 4.69) is 55.3 Å². The molecule has 214 valence electrons. The van der Waals surface area contributed by atoms with Crippen molar-refractivity contribution in [2.75, 3.05) is 7.11 Å². The van der Waals surface area contributed by atoms with Crippen LogP contribution in [0.5, 0.6) is 11.5 Å². The Morgan fingerprint density at radius 3 is 2.40 bits per heavy atom. The molecule has 42 heavy (non-hydrogen) atoms. The fourth-order valence-corrected chi connectivity index (χ4v) is 4.67. The average molecular weight is 563 g/mol. The van der Waals surface area contributed by atoms with Gasteiger partial charge in [0.1, 0.15) is 23.8 Å². The number of ketones is 1. The summed E-state index contributed by atoms with van der Waals surface area (Å²) >= 11 is 0. The first-order valence-corrected chi connectivity index (χ1v) is 13.7. The van der Waals surface area contributed by atoms with Crippen LogP contribution in [0.25, 0.3) is 5.69 Å². The van der Waals surface area contributed by atoms with Crippen LogP contribution in [-0.2, 0) is 18.6 Å². The number of carbonyl (C=O) groups excluding carboxylic acids is 1. The van der Waals surface area contributed by atoms with Crippen molar-refractivity contribution in [3.63, 3.8) is 0 Å². The van der Waals surface area contributed by atoms with Crippen LogP contribution in [0.1, 0.15) is 59.1 Å². The first-order valence-electron chi connectivity index (χ1n) is 13.7. The van der Waals surface area contributed by atoms with E-state index in [0.29, 0.717) is 34.9 Å². The lowest BCUT2D eigenvalue weighted by atomic mass is 9.87. The molecule has 0 aliphatic carbocycles. The van der Waals surface area contributed by atoms with Gasteiger partial charge in [0, 0.05) is 23.9 Å². The molecule has 0 aliphatic rings. The predicted octanol–water partition coefficient (Wildman–Crippen LogP) is 5.90. The number of ether oxygens (including phenoxy) is 2. The molecule has 5 rings (SSSR count). The van der Waals surface area contributed by atoms with Crippen molar-refractivity contribution in [3.05, 3.63) is 135 Å². The van der Waals surface area contributed by atoms with Gasteiger partial charge in [-0.2, -0.15) is 0 Å². The molecule has 0 spiro atoms. The Bertz CT molecular complexity index is 1780. The number of aryl methyl sites for hydroxylation is 1. The van der Waals surface area contributed by atoms with E-state index >= 15 is 0 Å². The van der Waals surface area contributed by atoms with Gasteiger partial charge in [0.15, 0.2) is 5.78 Å². The van der Waals surface area contributed by atoms with Gasteiger partial charge in [0.2, 0.25) is 0 Å². The average Bonchev–Trinajstić information content (AvgIpc) is 3.43. The van der Waals surface area contributed by atoms with Crippen LogP contribution in [0.2, 0.25) is 0 Å². The summed E-state index contributed by atoms with van der Waals surface area (Å²) < 4.78 is 14.7. The molecule has 0 bridgehead atoms. The van der Waals surface area contributed by atoms with Gasteiger partial charge >= 0.3 is 0 Å². The van der Waals surface area contributed by atoms with Crippen LogP contribution in [0.3, 0.4) is 0 Å². The van der Waals surface area contributed by atoms with Gasteiger partial charge in [-0.1, -0.05) is 68.4 Å². The Hall–Kier alpha value is -4.98. The number of nitrogens with zero attached hydrogens (tertiary/aromatic N) is 4. The van der Waals surface area contributed by atoms with Crippen LogP contribution < -0.4 is 15.0 Å². The molecule has 5 aromatic rings. The van der Waals surface area contributed by atoms with E-state index in [1.807, 2.05) is 37.4 Å². The standard InChI is InChI=1S/C34H34N4O4/c1-23-8-6-7-9-30(23)38-20-25(12-17-32(38)39)33(40)29-16-15-28(41-5)18-31(29)42-22-27-21-37(36-35-27)19-24-10-13-26(14-11-24)34(2,3)4/h6-18,20-21H,19,22H2,1-5H3. The Kier molecular flexibility index (Phi) is 8.06. The summed E-state index contributed by atoms with van der Waals surface area (Å²) in [6.45, 7) is 9.19. The van der Waals surface area contributed by atoms with Gasteiger partial charge < -0.3 is 9.47 Å². The second kappa shape index (κ2) is 11.9. The molecule has 0 N–H and O–H groups in total. The number of pyridine rings is 1. The number of benzene rings is 3. The normalized spacial score (nSPS) is 11.4. The largest absolute Gasteiger partial charge is 0.497 e. The van der Waals surface area contributed by atoms with E-state index in [0.717, 1.165) is 16.8 Å². The molecular formula is C34H34N4O4. The number of rotatable bonds is 9. The molecule has 0 fully saturated rings. The number of methoxy groups -OCH3 is 1. The third kappa shape index (κ3) is 6.33. The summed E-state index contributed by atoms with van der Waals surface area (Å²) in [6, 6.07) is 24.0. The van der Waals surface area contributed by atoms with Crippen molar-refractivity contribution in [1.29, 1.82) is 0 Å². The van der Waals surface area contributed by atoms with Gasteiger partial charge in [0.05, 0.1) is 31.1 Å². The lowest BCUT2D eigenvalue weighted by Gasteiger charge is -2.19. The minimum Gasteiger partial charge on any atom is -0.497 e. The Morgan fingerprint density at radius 1 is 0.929 bits per heavy atom. The Morgan fingerprint density at radius 2 is 1.69 bits per heavy atom. The monoisotopic (exact) mass is 562 g/mol. The zero-order valence-electron chi connectivity index (χ0n) is 24.5. The molecule has 3 aromatic carbocycles. The molecule has 0 unspecified atom stereocenters. The molecule has 0 atom stereocenters. The Labute approximate surface area is 245 Å². The van der Waals surface area contributed by atoms with Gasteiger partial charge in [-0.05, 0) is 53.3 Å². The molecule has 2 heterocycles. The zero-order chi connectivity index (χ0) is 29.9. The number of aromatic nitrogens is 4. The molecule has 0 radical (unpaired) electrons. The first-order chi connectivity index (χ1) is 20.1. The maximum Gasteiger partial charge on any atom is 0.255 e. The van der Waals surface area contributed by atoms with Crippen molar-refractivity contribution in [1.82, 2.24) is 19.6 Å². The zero-order valence-corrected chi connectivity index (χ0v) is 24.5. The predicted molar refractivity (Wildman–Crippen MR) is 162 cm³/mol. The molecule has 2 aromatic heterocycles. The van der Waals surface area contributed by atoms with Crippen LogP contribution in [0.15, 0.2) is 96.1 Å². The van der Waals surface area contributed by atoms with E-state index in [1.165, 1.54) is 22.3 Å². The van der Waals surface area contributed by atoms with E-state index in [4.69, 9.17) is 9.47 Å². The highest BCUT2D eigenvalue weighted by molar-refractivity contribution is 6.10. The maximum absolute atomic E-state index is 13.7. The fourth-order valence-electron chi connectivity index (χ4n) is 4.67. The summed E-state index contributed by atoms with van der Waals surface area (Å²) in [5, 5.41) is 8.51. The van der Waals surface area contributed by atoms with Crippen LogP contribution in [0, 0.1) is 6.92 Å². The second-order valence-corrected chi connectivity index (χ2v) is 11.2. The van der Waals surface area contributed by atoms with Crippen molar-refractivity contribution in [2.45, 2.75) is 46.3 Å². The van der Waals surface area contributed by atoms with E-state index in [-0.39, 0.29) is 23.4 Å². The summed E-state index contributed by atoms with van der Waals surface area (Å²) in [6.07, 6.45) is 3.40. The van der Waals surface area contributed by atoms with E-state index in [9.17, 15) is 9.59 Å². The van der Waals surface area contributed by atoms with Crippen molar-refractivity contribution >= 4 is 5.78 Å². The highest BCUT2D eigenvalue weighted by atomic mass is 16.5. The number of carbonyl (C=O) groups is 1. The lowest BCUT2D eigenvalue weighted by Crippen LogP contribution is -2.19. The van der Waals surface area contributed by atoms with E-state index < -0.39 is 0 Å². The minimum absolute atomic E-state index is 0.0954. The number of hydrogen-bond donors (Lipinski definition) is 0. The second-order valence-electron chi connectivity index (χ2n) is 11.2. The van der Waals surface area contributed by atoms with Crippen molar-refractivity contribution in [3.8, 4) is 17.2 Å². The SMILES string of the molecule is COc1ccc(C(=O)c2ccc(=O)n(-c3ccccc3C)c2)c(OCc2cn(Cc3ccc(C(C)(C)C)cc3)nn2)c1. The molecule has 0 saturated carbocycles. The van der Waals surface area contributed by atoms with Crippen LogP contribution in [-0.4, -0.2) is 32.5 Å². The molecule has 8 nitrogen and oxygen atoms in total. The third-order valence-corrected chi connectivity index (χ3v) is 7.11. The number of hydrogen-bond acceptors (Lipinski definition) is 6. The smallest absolute Gasteiger partial charge is 0.255 e. The van der Waals surface area contributed by atoms with Gasteiger partial charge in [-0.25, -0.2) is 4.68 Å². The highest BCUT2D eigenvalue weighted by Crippen LogP contribution is 2.28. The summed E-state index contributed by atoms with van der Waals surface area (Å²) in [7, 11) is 1.55. The highest BCUT2D eigenvalue weighted by Gasteiger charge is 2.19. The molecular weight excluding hydrogens is 528 g/mol. The molecule has 0 saturated heterocycles. The van der Waals surface area contributed by atoms with E-state index in [1.54, 1.807) is 36.2 Å². The fraction of sp³-hybridized carbons (Fsp3) is 0.235. The van der Waals surface area contributed by atoms with Gasteiger partial charge in [-0.3, -0.25) is 14.2 Å². The van der Waals surface area contributed by atoms with Crippen molar-refractivity contribution in [2.24, 2.45) is 0 Å². The first kappa shape index (κ1) is 28.5. The summed E-state index contributed by atoms with van der Waals surface area (Å²) in [5.41, 5.74) is 5.23. The molecule has 8 heteroatoms. The summed E-state index contributed by atoms with van der Waals surface area (Å²) in [4.78, 5) is 26.3. The van der Waals surface area contributed by atoms with Gasteiger partial charge in [0.25, 0.3) is 5.56 Å². The van der Waals surface area contributed by atoms with Gasteiger partial charge in [-0.15, -0.1) is 5.10 Å². The minimum atomic E-state index is -0.280. The Balaban J connectivity index is 1.35. The van der Waals surface area contributed by atoms with Crippen molar-refractivity contribution < 1.29 is 14.3 Å². The van der Waals surface area contributed by atoms with Crippen LogP contribution >= 0.6 is 0 Å². The summed E-state index contributed by atoms with van der Waals surface area (Å²) in [5.74, 6) is 0.617. The number of para-hydroxylation sites is 1.